The molecule has 0 saturated carbocycles. The molecular formula is C13H20N2O3S. The number of carbonyl (C=O) groups is 1. The smallest absolute Gasteiger partial charge is 0.254 e. The maximum atomic E-state index is 12.3. The quantitative estimate of drug-likeness (QED) is 0.914. The number of sulfonamides is 1. The largest absolute Gasteiger partial charge is 0.345 e. The van der Waals surface area contributed by atoms with Crippen LogP contribution < -0.4 is 4.72 Å². The lowest BCUT2D eigenvalue weighted by atomic mass is 10.1. The van der Waals surface area contributed by atoms with Gasteiger partial charge in [0.05, 0.1) is 10.5 Å². The number of nitrogens with zero attached hydrogens (tertiary/aromatic N) is 1. The van der Waals surface area contributed by atoms with E-state index in [4.69, 9.17) is 0 Å². The Bertz CT molecular complexity index is 572. The summed E-state index contributed by atoms with van der Waals surface area (Å²) < 4.78 is 27.2. The Morgan fingerprint density at radius 2 is 1.68 bits per heavy atom. The molecule has 0 aliphatic heterocycles. The zero-order chi connectivity index (χ0) is 14.8. The van der Waals surface area contributed by atoms with Crippen LogP contribution in [0.3, 0.4) is 0 Å². The summed E-state index contributed by atoms with van der Waals surface area (Å²) in [6.07, 6.45) is 0. The third-order valence-corrected chi connectivity index (χ3v) is 4.07. The fourth-order valence-corrected chi connectivity index (χ4v) is 3.20. The van der Waals surface area contributed by atoms with Crippen LogP contribution in [0.4, 0.5) is 0 Å². The van der Waals surface area contributed by atoms with Crippen molar-refractivity contribution in [2.75, 3.05) is 14.1 Å². The summed E-state index contributed by atoms with van der Waals surface area (Å²) in [4.78, 5) is 13.4. The van der Waals surface area contributed by atoms with Crippen LogP contribution in [0.1, 0.15) is 31.1 Å². The molecule has 0 aliphatic rings. The van der Waals surface area contributed by atoms with Gasteiger partial charge in [-0.3, -0.25) is 4.79 Å². The number of rotatable bonds is 3. The Labute approximate surface area is 114 Å². The van der Waals surface area contributed by atoms with E-state index in [1.54, 1.807) is 47.0 Å². The van der Waals surface area contributed by atoms with E-state index in [-0.39, 0.29) is 16.4 Å². The summed E-state index contributed by atoms with van der Waals surface area (Å²) in [6, 6.07) is 6.20. The molecule has 1 N–H and O–H groups in total. The highest BCUT2D eigenvalue weighted by Crippen LogP contribution is 2.18. The Balaban J connectivity index is 3.32. The minimum Gasteiger partial charge on any atom is -0.345 e. The molecule has 0 unspecified atom stereocenters. The fraction of sp³-hybridized carbons (Fsp3) is 0.462. The number of benzene rings is 1. The van der Waals surface area contributed by atoms with Gasteiger partial charge in [-0.15, -0.1) is 0 Å². The highest BCUT2D eigenvalue weighted by molar-refractivity contribution is 7.89. The molecule has 106 valence electrons. The molecule has 6 heteroatoms. The predicted molar refractivity (Wildman–Crippen MR) is 74.5 cm³/mol. The van der Waals surface area contributed by atoms with Crippen LogP contribution in [0.25, 0.3) is 0 Å². The van der Waals surface area contributed by atoms with Crippen molar-refractivity contribution in [1.82, 2.24) is 9.62 Å². The van der Waals surface area contributed by atoms with Gasteiger partial charge in [0.25, 0.3) is 5.91 Å². The van der Waals surface area contributed by atoms with Gasteiger partial charge in [0.1, 0.15) is 0 Å². The number of hydrogen-bond donors (Lipinski definition) is 1. The maximum Gasteiger partial charge on any atom is 0.254 e. The molecule has 1 aromatic carbocycles. The first-order valence-corrected chi connectivity index (χ1v) is 7.37. The zero-order valence-corrected chi connectivity index (χ0v) is 12.7. The summed E-state index contributed by atoms with van der Waals surface area (Å²) >= 11 is 0. The van der Waals surface area contributed by atoms with Gasteiger partial charge in [-0.2, -0.15) is 0 Å². The Morgan fingerprint density at radius 1 is 1.16 bits per heavy atom. The molecule has 0 saturated heterocycles. The van der Waals surface area contributed by atoms with Crippen molar-refractivity contribution in [3.63, 3.8) is 0 Å². The van der Waals surface area contributed by atoms with Crippen molar-refractivity contribution < 1.29 is 13.2 Å². The first kappa shape index (κ1) is 15.7. The monoisotopic (exact) mass is 284 g/mol. The van der Waals surface area contributed by atoms with Gasteiger partial charge < -0.3 is 4.90 Å². The molecule has 0 bridgehead atoms. The first-order valence-electron chi connectivity index (χ1n) is 5.89. The lowest BCUT2D eigenvalue weighted by molar-refractivity contribution is 0.0824. The van der Waals surface area contributed by atoms with Gasteiger partial charge in [0, 0.05) is 19.6 Å². The van der Waals surface area contributed by atoms with Gasteiger partial charge in [-0.1, -0.05) is 12.1 Å². The first-order chi connectivity index (χ1) is 8.54. The summed E-state index contributed by atoms with van der Waals surface area (Å²) in [7, 11) is -0.552. The molecule has 0 atom stereocenters. The van der Waals surface area contributed by atoms with Crippen LogP contribution in [-0.4, -0.2) is 38.9 Å². The second-order valence-corrected chi connectivity index (χ2v) is 7.20. The third kappa shape index (κ3) is 4.04. The topological polar surface area (TPSA) is 66.5 Å². The summed E-state index contributed by atoms with van der Waals surface area (Å²) in [5, 5.41) is 0. The lowest BCUT2D eigenvalue weighted by Gasteiger charge is -2.22. The van der Waals surface area contributed by atoms with Crippen molar-refractivity contribution in [3.8, 4) is 0 Å². The molecule has 19 heavy (non-hydrogen) atoms. The minimum atomic E-state index is -3.72. The molecule has 0 spiro atoms. The molecule has 1 amide bonds. The Morgan fingerprint density at radius 3 is 2.16 bits per heavy atom. The van der Waals surface area contributed by atoms with E-state index < -0.39 is 15.6 Å². The van der Waals surface area contributed by atoms with E-state index in [1.807, 2.05) is 0 Å². The molecule has 0 aliphatic carbocycles. The predicted octanol–water partition coefficient (Wildman–Crippen LogP) is 1.47. The van der Waals surface area contributed by atoms with Crippen LogP contribution in [0.15, 0.2) is 29.2 Å². The van der Waals surface area contributed by atoms with Gasteiger partial charge in [0.15, 0.2) is 0 Å². The minimum absolute atomic E-state index is 0.00336. The Kier molecular flexibility index (Phi) is 4.37. The third-order valence-electron chi connectivity index (χ3n) is 2.25. The number of amides is 1. The second kappa shape index (κ2) is 5.30. The molecule has 0 radical (unpaired) electrons. The van der Waals surface area contributed by atoms with E-state index in [1.165, 1.54) is 17.0 Å². The number of hydrogen-bond acceptors (Lipinski definition) is 3. The summed E-state index contributed by atoms with van der Waals surface area (Å²) in [6.45, 7) is 5.25. The van der Waals surface area contributed by atoms with Crippen molar-refractivity contribution in [2.45, 2.75) is 31.2 Å². The van der Waals surface area contributed by atoms with E-state index in [0.717, 1.165) is 0 Å². The van der Waals surface area contributed by atoms with E-state index in [0.29, 0.717) is 0 Å². The Hall–Kier alpha value is -1.40. The molecule has 5 nitrogen and oxygen atoms in total. The van der Waals surface area contributed by atoms with Gasteiger partial charge in [-0.05, 0) is 32.9 Å². The van der Waals surface area contributed by atoms with Crippen molar-refractivity contribution >= 4 is 15.9 Å². The molecule has 0 heterocycles. The lowest BCUT2D eigenvalue weighted by Crippen LogP contribution is -2.41. The summed E-state index contributed by atoms with van der Waals surface area (Å²) in [5.41, 5.74) is -0.433. The van der Waals surface area contributed by atoms with E-state index in [2.05, 4.69) is 4.72 Å². The highest BCUT2D eigenvalue weighted by Gasteiger charge is 2.26. The van der Waals surface area contributed by atoms with Gasteiger partial charge >= 0.3 is 0 Å². The van der Waals surface area contributed by atoms with Crippen molar-refractivity contribution in [2.24, 2.45) is 0 Å². The molecule has 1 rings (SSSR count). The van der Waals surface area contributed by atoms with Gasteiger partial charge in [0.2, 0.25) is 10.0 Å². The fourth-order valence-electron chi connectivity index (χ4n) is 1.58. The summed E-state index contributed by atoms with van der Waals surface area (Å²) in [5.74, 6) is -0.338. The number of carbonyl (C=O) groups excluding carboxylic acids is 1. The molecule has 0 fully saturated rings. The average molecular weight is 284 g/mol. The molecule has 1 aromatic rings. The second-order valence-electron chi connectivity index (χ2n) is 5.55. The molecular weight excluding hydrogens is 264 g/mol. The van der Waals surface area contributed by atoms with Crippen LogP contribution in [0.2, 0.25) is 0 Å². The van der Waals surface area contributed by atoms with Crippen molar-refractivity contribution in [3.05, 3.63) is 29.8 Å². The van der Waals surface area contributed by atoms with E-state index in [9.17, 15) is 13.2 Å². The average Bonchev–Trinajstić information content (AvgIpc) is 2.24. The van der Waals surface area contributed by atoms with Crippen LogP contribution in [0.5, 0.6) is 0 Å². The SMILES string of the molecule is CN(C)C(=O)c1ccccc1S(=O)(=O)NC(C)(C)C. The van der Waals surface area contributed by atoms with Gasteiger partial charge in [-0.25, -0.2) is 13.1 Å². The van der Waals surface area contributed by atoms with E-state index >= 15 is 0 Å². The zero-order valence-electron chi connectivity index (χ0n) is 11.9. The number of nitrogens with one attached hydrogen (secondary N) is 1. The normalized spacial score (nSPS) is 12.3. The van der Waals surface area contributed by atoms with Crippen LogP contribution >= 0.6 is 0 Å². The molecule has 0 aromatic heterocycles. The highest BCUT2D eigenvalue weighted by atomic mass is 32.2. The van der Waals surface area contributed by atoms with Crippen LogP contribution in [0, 0.1) is 0 Å². The standard InChI is InChI=1S/C13H20N2O3S/c1-13(2,3)14-19(17,18)11-9-7-6-8-10(11)12(16)15(4)5/h6-9,14H,1-5H3. The van der Waals surface area contributed by atoms with Crippen LogP contribution in [-0.2, 0) is 10.0 Å². The van der Waals surface area contributed by atoms with Crippen molar-refractivity contribution in [1.29, 1.82) is 0 Å². The maximum absolute atomic E-state index is 12.3.